The Balaban J connectivity index is 3.55. The number of amides is 1. The van der Waals surface area contributed by atoms with Crippen molar-refractivity contribution in [2.24, 2.45) is 5.73 Å². The monoisotopic (exact) mass is 99.1 g/mol. The molecule has 0 bridgehead atoms. The number of rotatable bonds is 2. The third kappa shape index (κ3) is 1.94. The van der Waals surface area contributed by atoms with E-state index in [-0.39, 0.29) is 0 Å². The summed E-state index contributed by atoms with van der Waals surface area (Å²) in [5.41, 5.74) is 11.3. The fourth-order valence-electron chi connectivity index (χ4n) is 0.116. The Kier molecular flexibility index (Phi) is 2.08. The average Bonchev–Trinajstić information content (AvgIpc) is 1.65. The molecule has 1 radical (unpaired) electrons. The molecular formula is C4H7N2O. The lowest BCUT2D eigenvalue weighted by atomic mass is 10.3. The van der Waals surface area contributed by atoms with Crippen molar-refractivity contribution in [3.05, 3.63) is 12.7 Å². The maximum Gasteiger partial charge on any atom is 0.239 e. The van der Waals surface area contributed by atoms with E-state index < -0.39 is 11.9 Å². The lowest BCUT2D eigenvalue weighted by Gasteiger charge is -1.92. The fraction of sp³-hybridized carbons (Fsp3) is 0.250. The van der Waals surface area contributed by atoms with Crippen molar-refractivity contribution < 1.29 is 4.79 Å². The molecule has 0 aliphatic carbocycles. The minimum absolute atomic E-state index is 0.657. The minimum Gasteiger partial charge on any atom is -0.368 e. The molecule has 0 rings (SSSR count). The van der Waals surface area contributed by atoms with E-state index in [0.29, 0.717) is 0 Å². The zero-order chi connectivity index (χ0) is 5.86. The first-order chi connectivity index (χ1) is 3.18. The Hall–Kier alpha value is -0.830. The maximum absolute atomic E-state index is 9.89. The van der Waals surface area contributed by atoms with Crippen molar-refractivity contribution in [3.63, 3.8) is 0 Å². The standard InChI is InChI=1S/C4H7N2O/c1-2-3(5)4(6)7/h2-3,5H,1H2,(H2,6,7). The van der Waals surface area contributed by atoms with E-state index >= 15 is 0 Å². The molecule has 0 aromatic carbocycles. The number of nitrogens with one attached hydrogen (secondary N) is 1. The van der Waals surface area contributed by atoms with Crippen LogP contribution in [0.4, 0.5) is 0 Å². The summed E-state index contributed by atoms with van der Waals surface area (Å²) in [6.07, 6.45) is 1.18. The zero-order valence-corrected chi connectivity index (χ0v) is 3.85. The van der Waals surface area contributed by atoms with Crippen LogP contribution in [0.1, 0.15) is 0 Å². The average molecular weight is 99.1 g/mol. The number of nitrogens with two attached hydrogens (primary N) is 1. The molecule has 39 valence electrons. The number of hydrogen-bond donors (Lipinski definition) is 1. The van der Waals surface area contributed by atoms with E-state index in [9.17, 15) is 4.79 Å². The summed E-state index contributed by atoms with van der Waals surface area (Å²) in [6.45, 7) is 3.19. The van der Waals surface area contributed by atoms with E-state index in [1.165, 1.54) is 6.08 Å². The van der Waals surface area contributed by atoms with Crippen molar-refractivity contribution in [3.8, 4) is 0 Å². The highest BCUT2D eigenvalue weighted by molar-refractivity contribution is 5.81. The first-order valence-electron chi connectivity index (χ1n) is 1.81. The molecule has 0 aliphatic heterocycles. The largest absolute Gasteiger partial charge is 0.368 e. The second kappa shape index (κ2) is 2.36. The maximum atomic E-state index is 9.89. The number of hydrogen-bond acceptors (Lipinski definition) is 1. The highest BCUT2D eigenvalue weighted by Crippen LogP contribution is 1.75. The van der Waals surface area contributed by atoms with Gasteiger partial charge in [-0.1, -0.05) is 6.08 Å². The summed E-state index contributed by atoms with van der Waals surface area (Å²) >= 11 is 0. The van der Waals surface area contributed by atoms with Gasteiger partial charge < -0.3 is 5.73 Å². The molecule has 3 nitrogen and oxygen atoms in total. The second-order valence-electron chi connectivity index (χ2n) is 1.12. The van der Waals surface area contributed by atoms with Gasteiger partial charge in [-0.05, 0) is 0 Å². The molecule has 0 aromatic rings. The van der Waals surface area contributed by atoms with Crippen molar-refractivity contribution in [2.75, 3.05) is 0 Å². The van der Waals surface area contributed by atoms with Gasteiger partial charge in [0.25, 0.3) is 0 Å². The molecule has 1 unspecified atom stereocenters. The zero-order valence-electron chi connectivity index (χ0n) is 3.85. The van der Waals surface area contributed by atoms with Gasteiger partial charge in [-0.25, -0.2) is 5.73 Å². The van der Waals surface area contributed by atoms with Crippen molar-refractivity contribution in [1.82, 2.24) is 5.73 Å². The van der Waals surface area contributed by atoms with Gasteiger partial charge in [0.1, 0.15) is 6.04 Å². The highest BCUT2D eigenvalue weighted by Gasteiger charge is 2.00. The van der Waals surface area contributed by atoms with E-state index in [4.69, 9.17) is 5.73 Å². The predicted octanol–water partition coefficient (Wildman–Crippen LogP) is -0.691. The van der Waals surface area contributed by atoms with Gasteiger partial charge in [0.15, 0.2) is 0 Å². The number of carbonyl (C=O) groups is 1. The number of primary amides is 1. The minimum atomic E-state index is -0.944. The summed E-state index contributed by atoms with van der Waals surface area (Å²) < 4.78 is 0. The van der Waals surface area contributed by atoms with Gasteiger partial charge in [-0.3, -0.25) is 4.79 Å². The van der Waals surface area contributed by atoms with E-state index in [2.05, 4.69) is 12.3 Å². The van der Waals surface area contributed by atoms with Crippen molar-refractivity contribution in [1.29, 1.82) is 0 Å². The molecule has 3 N–H and O–H groups in total. The molecule has 0 saturated heterocycles. The fourth-order valence-corrected chi connectivity index (χ4v) is 0.116. The third-order valence-corrected chi connectivity index (χ3v) is 0.542. The van der Waals surface area contributed by atoms with Crippen LogP contribution in [-0.4, -0.2) is 11.9 Å². The van der Waals surface area contributed by atoms with Crippen molar-refractivity contribution in [2.45, 2.75) is 6.04 Å². The third-order valence-electron chi connectivity index (χ3n) is 0.542. The van der Waals surface area contributed by atoms with Crippen LogP contribution >= 0.6 is 0 Å². The lowest BCUT2D eigenvalue weighted by molar-refractivity contribution is -0.118. The molecule has 0 heterocycles. The Labute approximate surface area is 42.0 Å². The van der Waals surface area contributed by atoms with Crippen molar-refractivity contribution >= 4 is 5.91 Å². The van der Waals surface area contributed by atoms with Crippen LogP contribution in [0, 0.1) is 0 Å². The quantitative estimate of drug-likeness (QED) is 0.457. The summed E-state index contributed by atoms with van der Waals surface area (Å²) in [4.78, 5) is 9.89. The van der Waals surface area contributed by atoms with Crippen LogP contribution < -0.4 is 11.5 Å². The van der Waals surface area contributed by atoms with Crippen LogP contribution in [0.2, 0.25) is 0 Å². The Morgan fingerprint density at radius 1 is 2.00 bits per heavy atom. The van der Waals surface area contributed by atoms with Gasteiger partial charge in [-0.2, -0.15) is 0 Å². The first kappa shape index (κ1) is 6.17. The predicted molar refractivity (Wildman–Crippen MR) is 26.3 cm³/mol. The molecule has 1 atom stereocenters. The van der Waals surface area contributed by atoms with Crippen LogP contribution in [0.25, 0.3) is 0 Å². The molecule has 0 saturated carbocycles. The van der Waals surface area contributed by atoms with Crippen LogP contribution in [0.5, 0.6) is 0 Å². The van der Waals surface area contributed by atoms with E-state index in [0.717, 1.165) is 0 Å². The van der Waals surface area contributed by atoms with Crippen LogP contribution in [-0.2, 0) is 4.79 Å². The summed E-state index contributed by atoms with van der Waals surface area (Å²) in [7, 11) is 0. The topological polar surface area (TPSA) is 66.9 Å². The highest BCUT2D eigenvalue weighted by atomic mass is 16.1. The first-order valence-corrected chi connectivity index (χ1v) is 1.81. The SMILES string of the molecule is C=CC([NH])C(N)=O. The molecule has 1 amide bonds. The lowest BCUT2D eigenvalue weighted by Crippen LogP contribution is -2.27. The Morgan fingerprint density at radius 3 is 2.43 bits per heavy atom. The molecule has 7 heavy (non-hydrogen) atoms. The molecule has 3 heteroatoms. The Bertz CT molecular complexity index is 89.7. The molecule has 0 aliphatic rings. The number of carbonyl (C=O) groups excluding carboxylic acids is 1. The van der Waals surface area contributed by atoms with E-state index in [1.54, 1.807) is 0 Å². The second-order valence-corrected chi connectivity index (χ2v) is 1.12. The molecule has 0 spiro atoms. The smallest absolute Gasteiger partial charge is 0.239 e. The summed E-state index contributed by atoms with van der Waals surface area (Å²) in [5.74, 6) is -0.657. The van der Waals surface area contributed by atoms with Gasteiger partial charge in [-0.15, -0.1) is 6.58 Å². The van der Waals surface area contributed by atoms with Gasteiger partial charge in [0.2, 0.25) is 5.91 Å². The van der Waals surface area contributed by atoms with Gasteiger partial charge in [0, 0.05) is 0 Å². The van der Waals surface area contributed by atoms with Crippen LogP contribution in [0.3, 0.4) is 0 Å². The summed E-state index contributed by atoms with van der Waals surface area (Å²) in [6, 6.07) is -0.944. The molecule has 0 aromatic heterocycles. The normalized spacial score (nSPS) is 12.7. The van der Waals surface area contributed by atoms with Gasteiger partial charge in [0.05, 0.1) is 0 Å². The molecule has 0 fully saturated rings. The molecular weight excluding hydrogens is 92.1 g/mol. The Morgan fingerprint density at radius 2 is 2.43 bits per heavy atom. The summed E-state index contributed by atoms with van der Waals surface area (Å²) in [5, 5.41) is 0. The van der Waals surface area contributed by atoms with Gasteiger partial charge >= 0.3 is 0 Å². The van der Waals surface area contributed by atoms with E-state index in [1.807, 2.05) is 0 Å². The van der Waals surface area contributed by atoms with Crippen LogP contribution in [0.15, 0.2) is 12.7 Å².